The minimum absolute atomic E-state index is 0.0109. The summed E-state index contributed by atoms with van der Waals surface area (Å²) in [4.78, 5) is 13.1. The summed E-state index contributed by atoms with van der Waals surface area (Å²) in [5.41, 5.74) is 3.26. The van der Waals surface area contributed by atoms with Gasteiger partial charge in [-0.1, -0.05) is 41.9 Å². The van der Waals surface area contributed by atoms with Crippen LogP contribution in [-0.4, -0.2) is 28.5 Å². The molecule has 0 fully saturated rings. The van der Waals surface area contributed by atoms with Crippen LogP contribution >= 0.6 is 11.6 Å². The van der Waals surface area contributed by atoms with Crippen LogP contribution in [-0.2, 0) is 16.4 Å². The number of amides is 1. The van der Waals surface area contributed by atoms with Crippen molar-refractivity contribution >= 4 is 33.2 Å². The highest BCUT2D eigenvalue weighted by Crippen LogP contribution is 2.37. The van der Waals surface area contributed by atoms with Crippen LogP contribution in [0.1, 0.15) is 45.9 Å². The zero-order valence-electron chi connectivity index (χ0n) is 19.7. The molecule has 1 unspecified atom stereocenters. The number of hydrogen-bond acceptors (Lipinski definition) is 5. The Labute approximate surface area is 210 Å². The minimum Gasteiger partial charge on any atom is -0.495 e. The highest BCUT2D eigenvalue weighted by Gasteiger charge is 2.25. The standard InChI is InChI=1S/C26H27ClN2O5S/c1-16-11-12-18(26(30)28-21-10-6-8-17-7-4-5-9-19(17)21)13-25(16)35(31,32)29-22-14-20(27)23(33-2)15-24(22)34-3/h4-5,7,9,11-15,21,29H,6,8,10H2,1-3H3,(H,28,30). The van der Waals surface area contributed by atoms with E-state index < -0.39 is 10.0 Å². The van der Waals surface area contributed by atoms with Crippen LogP contribution in [0.5, 0.6) is 11.5 Å². The molecule has 3 aromatic rings. The monoisotopic (exact) mass is 514 g/mol. The first kappa shape index (κ1) is 24.9. The third-order valence-corrected chi connectivity index (χ3v) is 7.94. The van der Waals surface area contributed by atoms with Gasteiger partial charge in [-0.25, -0.2) is 8.42 Å². The highest BCUT2D eigenvalue weighted by atomic mass is 35.5. The van der Waals surface area contributed by atoms with Crippen molar-refractivity contribution in [3.8, 4) is 11.5 Å². The summed E-state index contributed by atoms with van der Waals surface area (Å²) in [7, 11) is -1.19. The van der Waals surface area contributed by atoms with Gasteiger partial charge < -0.3 is 14.8 Å². The smallest absolute Gasteiger partial charge is 0.262 e. The number of benzene rings is 3. The number of rotatable bonds is 7. The van der Waals surface area contributed by atoms with Crippen LogP contribution < -0.4 is 19.5 Å². The Morgan fingerprint density at radius 2 is 1.77 bits per heavy atom. The molecule has 0 saturated carbocycles. The number of aryl methyl sites for hydroxylation is 2. The Morgan fingerprint density at radius 1 is 1.03 bits per heavy atom. The lowest BCUT2D eigenvalue weighted by Gasteiger charge is -2.26. The Bertz CT molecular complexity index is 1370. The molecule has 2 N–H and O–H groups in total. The van der Waals surface area contributed by atoms with Crippen molar-refractivity contribution < 1.29 is 22.7 Å². The molecule has 7 nitrogen and oxygen atoms in total. The summed E-state index contributed by atoms with van der Waals surface area (Å²) in [6.07, 6.45) is 2.80. The molecule has 1 aliphatic carbocycles. The average Bonchev–Trinajstić information content (AvgIpc) is 2.84. The Balaban J connectivity index is 1.61. The van der Waals surface area contributed by atoms with Gasteiger partial charge in [-0.15, -0.1) is 0 Å². The Kier molecular flexibility index (Phi) is 7.23. The van der Waals surface area contributed by atoms with Crippen LogP contribution in [0.2, 0.25) is 5.02 Å². The molecule has 0 bridgehead atoms. The lowest BCUT2D eigenvalue weighted by molar-refractivity contribution is 0.0932. The lowest BCUT2D eigenvalue weighted by atomic mass is 9.87. The number of carbonyl (C=O) groups excluding carboxylic acids is 1. The Hall–Kier alpha value is -3.23. The topological polar surface area (TPSA) is 93.7 Å². The third kappa shape index (κ3) is 5.23. The maximum atomic E-state index is 13.3. The number of carbonyl (C=O) groups is 1. The summed E-state index contributed by atoms with van der Waals surface area (Å²) < 4.78 is 39.6. The summed E-state index contributed by atoms with van der Waals surface area (Å²) in [6.45, 7) is 1.67. The van der Waals surface area contributed by atoms with Gasteiger partial charge in [0.1, 0.15) is 11.5 Å². The number of nitrogens with one attached hydrogen (secondary N) is 2. The van der Waals surface area contributed by atoms with E-state index in [-0.39, 0.29) is 38.9 Å². The predicted molar refractivity (Wildman–Crippen MR) is 136 cm³/mol. The zero-order valence-corrected chi connectivity index (χ0v) is 21.3. The zero-order chi connectivity index (χ0) is 25.2. The van der Waals surface area contributed by atoms with E-state index in [0.29, 0.717) is 11.3 Å². The maximum absolute atomic E-state index is 13.3. The molecular weight excluding hydrogens is 488 g/mol. The molecule has 1 amide bonds. The van der Waals surface area contributed by atoms with E-state index in [0.717, 1.165) is 24.8 Å². The SMILES string of the molecule is COc1cc(OC)c(NS(=O)(=O)c2cc(C(=O)NC3CCCc4ccccc43)ccc2C)cc1Cl. The van der Waals surface area contributed by atoms with Gasteiger partial charge in [-0.3, -0.25) is 9.52 Å². The van der Waals surface area contributed by atoms with Gasteiger partial charge >= 0.3 is 0 Å². The van der Waals surface area contributed by atoms with Gasteiger partial charge in [0, 0.05) is 11.6 Å². The number of hydrogen-bond donors (Lipinski definition) is 2. The molecule has 9 heteroatoms. The van der Waals surface area contributed by atoms with Crippen molar-refractivity contribution in [3.05, 3.63) is 81.9 Å². The number of anilines is 1. The van der Waals surface area contributed by atoms with Gasteiger partial charge in [0.05, 0.1) is 35.9 Å². The maximum Gasteiger partial charge on any atom is 0.262 e. The van der Waals surface area contributed by atoms with E-state index in [9.17, 15) is 13.2 Å². The molecule has 0 saturated heterocycles. The minimum atomic E-state index is -4.06. The third-order valence-electron chi connectivity index (χ3n) is 6.13. The molecule has 3 aromatic carbocycles. The molecule has 0 aliphatic heterocycles. The fourth-order valence-corrected chi connectivity index (χ4v) is 5.89. The Morgan fingerprint density at radius 3 is 2.51 bits per heavy atom. The van der Waals surface area contributed by atoms with E-state index in [2.05, 4.69) is 16.1 Å². The summed E-state index contributed by atoms with van der Waals surface area (Å²) >= 11 is 6.19. The van der Waals surface area contributed by atoms with E-state index in [1.165, 1.54) is 38.0 Å². The summed E-state index contributed by atoms with van der Waals surface area (Å²) in [5.74, 6) is 0.274. The fraction of sp³-hybridized carbons (Fsp3) is 0.269. The fourth-order valence-electron chi connectivity index (χ4n) is 4.32. The van der Waals surface area contributed by atoms with Gasteiger partial charge in [0.2, 0.25) is 0 Å². The van der Waals surface area contributed by atoms with E-state index >= 15 is 0 Å². The highest BCUT2D eigenvalue weighted by molar-refractivity contribution is 7.92. The quantitative estimate of drug-likeness (QED) is 0.447. The number of methoxy groups -OCH3 is 2. The molecular formula is C26H27ClN2O5S. The van der Waals surface area contributed by atoms with Crippen LogP contribution in [0, 0.1) is 6.92 Å². The van der Waals surface area contributed by atoms with Crippen molar-refractivity contribution in [3.63, 3.8) is 0 Å². The van der Waals surface area contributed by atoms with Crippen molar-refractivity contribution in [1.29, 1.82) is 0 Å². The van der Waals surface area contributed by atoms with Crippen LogP contribution in [0.25, 0.3) is 0 Å². The molecule has 0 spiro atoms. The molecule has 0 radical (unpaired) electrons. The van der Waals surface area contributed by atoms with Gasteiger partial charge in [-0.2, -0.15) is 0 Å². The van der Waals surface area contributed by atoms with Crippen molar-refractivity contribution in [2.75, 3.05) is 18.9 Å². The van der Waals surface area contributed by atoms with Crippen LogP contribution in [0.3, 0.4) is 0 Å². The number of ether oxygens (including phenoxy) is 2. The van der Waals surface area contributed by atoms with Crippen molar-refractivity contribution in [1.82, 2.24) is 5.32 Å². The van der Waals surface area contributed by atoms with E-state index in [1.807, 2.05) is 18.2 Å². The first-order valence-corrected chi connectivity index (χ1v) is 13.0. The second-order valence-electron chi connectivity index (χ2n) is 8.39. The number of fused-ring (bicyclic) bond motifs is 1. The van der Waals surface area contributed by atoms with E-state index in [4.69, 9.17) is 21.1 Å². The lowest BCUT2D eigenvalue weighted by Crippen LogP contribution is -2.31. The van der Waals surface area contributed by atoms with Crippen molar-refractivity contribution in [2.45, 2.75) is 37.1 Å². The second-order valence-corrected chi connectivity index (χ2v) is 10.4. The molecule has 1 aliphatic rings. The van der Waals surface area contributed by atoms with Crippen LogP contribution in [0.15, 0.2) is 59.5 Å². The van der Waals surface area contributed by atoms with Crippen molar-refractivity contribution in [2.24, 2.45) is 0 Å². The van der Waals surface area contributed by atoms with Gasteiger partial charge in [-0.05, 0) is 61.1 Å². The summed E-state index contributed by atoms with van der Waals surface area (Å²) in [6, 6.07) is 15.5. The summed E-state index contributed by atoms with van der Waals surface area (Å²) in [5, 5.41) is 3.30. The molecule has 0 heterocycles. The number of halogens is 1. The molecule has 1 atom stereocenters. The number of sulfonamides is 1. The van der Waals surface area contributed by atoms with Crippen LogP contribution in [0.4, 0.5) is 5.69 Å². The normalized spacial score (nSPS) is 15.1. The first-order chi connectivity index (χ1) is 16.7. The molecule has 0 aromatic heterocycles. The first-order valence-electron chi connectivity index (χ1n) is 11.2. The molecule has 35 heavy (non-hydrogen) atoms. The molecule has 4 rings (SSSR count). The largest absolute Gasteiger partial charge is 0.495 e. The van der Waals surface area contributed by atoms with Gasteiger partial charge in [0.15, 0.2) is 0 Å². The van der Waals surface area contributed by atoms with Gasteiger partial charge in [0.25, 0.3) is 15.9 Å². The van der Waals surface area contributed by atoms with E-state index in [1.54, 1.807) is 19.1 Å². The second kappa shape index (κ2) is 10.2. The average molecular weight is 515 g/mol. The predicted octanol–water partition coefficient (Wildman–Crippen LogP) is 5.27. The molecule has 184 valence electrons.